The number of imide groups is 1. The van der Waals surface area contributed by atoms with Crippen molar-refractivity contribution in [2.24, 2.45) is 13.0 Å². The predicted molar refractivity (Wildman–Crippen MR) is 113 cm³/mol. The second-order valence-electron chi connectivity index (χ2n) is 7.16. The number of amides is 2. The molecule has 0 spiro atoms. The minimum absolute atomic E-state index is 0.0477. The van der Waals surface area contributed by atoms with Crippen LogP contribution < -0.4 is 4.90 Å². The van der Waals surface area contributed by atoms with E-state index in [1.54, 1.807) is 23.5 Å². The van der Waals surface area contributed by atoms with Gasteiger partial charge in [-0.25, -0.2) is 4.90 Å². The monoisotopic (exact) mass is 400 g/mol. The van der Waals surface area contributed by atoms with E-state index >= 15 is 0 Å². The second-order valence-corrected chi connectivity index (χ2v) is 9.03. The summed E-state index contributed by atoms with van der Waals surface area (Å²) in [7, 11) is 2.07. The fourth-order valence-electron chi connectivity index (χ4n) is 4.46. The van der Waals surface area contributed by atoms with Crippen LogP contribution in [-0.4, -0.2) is 28.9 Å². The molecule has 3 atom stereocenters. The SMILES string of the molecule is CCc1ccc(N2C(=O)[C@H]3C[C@@H](SC)c4c(cc(SC)n4C)[C@H]3C2=O)cc1. The van der Waals surface area contributed by atoms with Gasteiger partial charge in [-0.3, -0.25) is 9.59 Å². The molecule has 0 N–H and O–H groups in total. The number of benzene rings is 1. The average Bonchev–Trinajstić information content (AvgIpc) is 3.15. The van der Waals surface area contributed by atoms with E-state index < -0.39 is 0 Å². The van der Waals surface area contributed by atoms with Crippen molar-refractivity contribution in [1.82, 2.24) is 4.57 Å². The molecule has 2 aliphatic rings. The van der Waals surface area contributed by atoms with Crippen LogP contribution in [0.3, 0.4) is 0 Å². The number of aryl methyl sites for hydroxylation is 1. The van der Waals surface area contributed by atoms with Crippen LogP contribution in [0.1, 0.15) is 41.3 Å². The Balaban J connectivity index is 1.79. The first-order valence-electron chi connectivity index (χ1n) is 9.24. The highest BCUT2D eigenvalue weighted by atomic mass is 32.2. The summed E-state index contributed by atoms with van der Waals surface area (Å²) >= 11 is 3.45. The van der Waals surface area contributed by atoms with E-state index in [0.29, 0.717) is 5.69 Å². The van der Waals surface area contributed by atoms with Crippen LogP contribution >= 0.6 is 23.5 Å². The normalized spacial score (nSPS) is 24.3. The van der Waals surface area contributed by atoms with E-state index in [1.807, 2.05) is 24.3 Å². The quantitative estimate of drug-likeness (QED) is 0.564. The van der Waals surface area contributed by atoms with Crippen LogP contribution in [0.5, 0.6) is 0 Å². The van der Waals surface area contributed by atoms with E-state index in [4.69, 9.17) is 0 Å². The molecule has 1 aliphatic carbocycles. The number of hydrogen-bond acceptors (Lipinski definition) is 4. The fraction of sp³-hybridized carbons (Fsp3) is 0.429. The lowest BCUT2D eigenvalue weighted by Crippen LogP contribution is -2.30. The highest BCUT2D eigenvalue weighted by Crippen LogP contribution is 2.52. The van der Waals surface area contributed by atoms with Gasteiger partial charge in [0.1, 0.15) is 0 Å². The van der Waals surface area contributed by atoms with E-state index in [2.05, 4.69) is 37.1 Å². The molecule has 1 saturated heterocycles. The molecule has 0 unspecified atom stereocenters. The van der Waals surface area contributed by atoms with E-state index in [9.17, 15) is 9.59 Å². The van der Waals surface area contributed by atoms with Gasteiger partial charge in [0.15, 0.2) is 0 Å². The number of anilines is 1. The zero-order valence-electron chi connectivity index (χ0n) is 16.1. The van der Waals surface area contributed by atoms with Gasteiger partial charge in [0.2, 0.25) is 11.8 Å². The number of aromatic nitrogens is 1. The molecule has 27 heavy (non-hydrogen) atoms. The fourth-order valence-corrected chi connectivity index (χ4v) is 6.00. The molecular formula is C21H24N2O2S2. The number of hydrogen-bond donors (Lipinski definition) is 0. The molecule has 0 radical (unpaired) electrons. The maximum atomic E-state index is 13.4. The highest BCUT2D eigenvalue weighted by Gasteiger charge is 2.53. The van der Waals surface area contributed by atoms with Gasteiger partial charge in [-0.1, -0.05) is 19.1 Å². The average molecular weight is 401 g/mol. The molecule has 1 fully saturated rings. The molecule has 2 amide bonds. The summed E-state index contributed by atoms with van der Waals surface area (Å²) in [5, 5.41) is 1.39. The van der Waals surface area contributed by atoms with E-state index in [-0.39, 0.29) is 28.9 Å². The van der Waals surface area contributed by atoms with Crippen molar-refractivity contribution in [3.05, 3.63) is 47.2 Å². The van der Waals surface area contributed by atoms with Crippen LogP contribution in [0.25, 0.3) is 0 Å². The molecule has 2 heterocycles. The number of rotatable bonds is 4. The molecule has 1 aromatic heterocycles. The Hall–Kier alpha value is -1.66. The molecule has 0 bridgehead atoms. The van der Waals surface area contributed by atoms with Crippen LogP contribution in [0.4, 0.5) is 5.69 Å². The van der Waals surface area contributed by atoms with E-state index in [0.717, 1.165) is 23.4 Å². The Kier molecular flexibility index (Phi) is 4.89. The van der Waals surface area contributed by atoms with Crippen molar-refractivity contribution in [2.75, 3.05) is 17.4 Å². The number of carbonyl (C=O) groups is 2. The lowest BCUT2D eigenvalue weighted by Gasteiger charge is -2.29. The smallest absolute Gasteiger partial charge is 0.242 e. The molecule has 1 aliphatic heterocycles. The van der Waals surface area contributed by atoms with Gasteiger partial charge in [0, 0.05) is 18.0 Å². The third kappa shape index (κ3) is 2.76. The van der Waals surface area contributed by atoms with Crippen molar-refractivity contribution in [1.29, 1.82) is 0 Å². The first-order valence-corrected chi connectivity index (χ1v) is 11.8. The van der Waals surface area contributed by atoms with Crippen molar-refractivity contribution < 1.29 is 9.59 Å². The Labute approximate surface area is 168 Å². The lowest BCUT2D eigenvalue weighted by atomic mass is 9.79. The van der Waals surface area contributed by atoms with Crippen molar-refractivity contribution in [3.63, 3.8) is 0 Å². The summed E-state index contributed by atoms with van der Waals surface area (Å²) in [4.78, 5) is 28.0. The Morgan fingerprint density at radius 2 is 1.81 bits per heavy atom. The van der Waals surface area contributed by atoms with Gasteiger partial charge in [0.05, 0.1) is 22.5 Å². The summed E-state index contributed by atoms with van der Waals surface area (Å²) < 4.78 is 2.20. The second kappa shape index (κ2) is 7.06. The Morgan fingerprint density at radius 3 is 2.41 bits per heavy atom. The number of thioether (sulfide) groups is 2. The zero-order valence-corrected chi connectivity index (χ0v) is 17.7. The number of nitrogens with zero attached hydrogens (tertiary/aromatic N) is 2. The van der Waals surface area contributed by atoms with Crippen molar-refractivity contribution >= 4 is 41.0 Å². The molecule has 1 aromatic carbocycles. The Bertz CT molecular complexity index is 904. The molecule has 2 aromatic rings. The zero-order chi connectivity index (χ0) is 19.3. The third-order valence-electron chi connectivity index (χ3n) is 5.90. The minimum atomic E-state index is -0.353. The molecule has 4 rings (SSSR count). The van der Waals surface area contributed by atoms with Gasteiger partial charge in [-0.2, -0.15) is 11.8 Å². The van der Waals surface area contributed by atoms with Crippen LogP contribution in [-0.2, 0) is 23.1 Å². The van der Waals surface area contributed by atoms with Crippen molar-refractivity contribution in [2.45, 2.75) is 36.0 Å². The largest absolute Gasteiger partial charge is 0.342 e. The highest BCUT2D eigenvalue weighted by molar-refractivity contribution is 7.99. The summed E-state index contributed by atoms with van der Waals surface area (Å²) in [6.07, 6.45) is 5.80. The maximum Gasteiger partial charge on any atom is 0.242 e. The maximum absolute atomic E-state index is 13.4. The summed E-state index contributed by atoms with van der Waals surface area (Å²) in [5.41, 5.74) is 4.15. The third-order valence-corrected chi connectivity index (χ3v) is 7.69. The summed E-state index contributed by atoms with van der Waals surface area (Å²) in [6.45, 7) is 2.10. The van der Waals surface area contributed by atoms with Gasteiger partial charge in [-0.15, -0.1) is 11.8 Å². The first-order chi connectivity index (χ1) is 13.0. The van der Waals surface area contributed by atoms with Crippen molar-refractivity contribution in [3.8, 4) is 0 Å². The number of fused-ring (bicyclic) bond motifs is 3. The molecular weight excluding hydrogens is 376 g/mol. The topological polar surface area (TPSA) is 42.3 Å². The van der Waals surface area contributed by atoms with Gasteiger partial charge in [0.25, 0.3) is 0 Å². The first kappa shape index (κ1) is 18.7. The minimum Gasteiger partial charge on any atom is -0.342 e. The predicted octanol–water partition coefficient (Wildman–Crippen LogP) is 4.39. The molecule has 0 saturated carbocycles. The Morgan fingerprint density at radius 1 is 1.11 bits per heavy atom. The summed E-state index contributed by atoms with van der Waals surface area (Å²) in [6, 6.07) is 9.92. The molecule has 6 heteroatoms. The van der Waals surface area contributed by atoms with Gasteiger partial charge >= 0.3 is 0 Å². The summed E-state index contributed by atoms with van der Waals surface area (Å²) in [5.74, 6) is -0.735. The van der Waals surface area contributed by atoms with Crippen LogP contribution in [0.15, 0.2) is 35.4 Å². The number of carbonyl (C=O) groups excluding carboxylic acids is 2. The molecule has 4 nitrogen and oxygen atoms in total. The van der Waals surface area contributed by atoms with Gasteiger partial charge in [-0.05, 0) is 54.7 Å². The van der Waals surface area contributed by atoms with Gasteiger partial charge < -0.3 is 4.57 Å². The lowest BCUT2D eigenvalue weighted by molar-refractivity contribution is -0.122. The molecule has 142 valence electrons. The van der Waals surface area contributed by atoms with Crippen LogP contribution in [0, 0.1) is 5.92 Å². The van der Waals surface area contributed by atoms with Crippen LogP contribution in [0.2, 0.25) is 0 Å². The van der Waals surface area contributed by atoms with E-state index in [1.165, 1.54) is 16.2 Å². The standard InChI is InChI=1S/C21H24N2O2S2/c1-5-12-6-8-13(9-7-12)23-20(24)15-10-16(26-3)19-14(18(15)21(23)25)11-17(27-4)22(19)2/h6-9,11,15-16,18H,5,10H2,1-4H3/t15-,16+,18+/m0/s1.